The minimum atomic E-state index is -1.67. The van der Waals surface area contributed by atoms with Crippen molar-refractivity contribution in [2.24, 2.45) is 11.7 Å². The summed E-state index contributed by atoms with van der Waals surface area (Å²) in [7, 11) is 1.13. The maximum atomic E-state index is 11.9. The van der Waals surface area contributed by atoms with E-state index in [1.54, 1.807) is 19.2 Å². The van der Waals surface area contributed by atoms with Gasteiger partial charge in [-0.25, -0.2) is 4.79 Å². The number of nitrogens with zero attached hydrogens (tertiary/aromatic N) is 1. The lowest BCUT2D eigenvalue weighted by Crippen LogP contribution is -2.46. The third kappa shape index (κ3) is 5.74. The van der Waals surface area contributed by atoms with Crippen molar-refractivity contribution in [3.8, 4) is 0 Å². The van der Waals surface area contributed by atoms with Crippen LogP contribution in [0.3, 0.4) is 0 Å². The number of primary amides is 1. The molecule has 0 aliphatic carbocycles. The molecular weight excluding hydrogens is 400 g/mol. The number of aromatic nitrogens is 1. The molecule has 2 heterocycles. The van der Waals surface area contributed by atoms with Crippen molar-refractivity contribution in [2.75, 3.05) is 13.7 Å². The number of aliphatic hydroxyl groups is 1. The number of pyridine rings is 1. The predicted octanol–water partition coefficient (Wildman–Crippen LogP) is -0.995. The molecule has 1 aliphatic heterocycles. The lowest BCUT2D eigenvalue weighted by molar-refractivity contribution is -0.765. The molecule has 0 saturated carbocycles. The van der Waals surface area contributed by atoms with E-state index >= 15 is 0 Å². The first-order valence-electron chi connectivity index (χ1n) is 9.18. The third-order valence-electron chi connectivity index (χ3n) is 4.65. The Labute approximate surface area is 172 Å². The van der Waals surface area contributed by atoms with E-state index in [1.165, 1.54) is 23.8 Å². The number of carbonyl (C=O) groups is 4. The molecule has 11 nitrogen and oxygen atoms in total. The monoisotopic (exact) mass is 425 g/mol. The Bertz CT molecular complexity index is 813. The van der Waals surface area contributed by atoms with Crippen molar-refractivity contribution in [3.63, 3.8) is 0 Å². The molecule has 3 N–H and O–H groups in total. The van der Waals surface area contributed by atoms with Crippen molar-refractivity contribution in [1.29, 1.82) is 0 Å². The number of methoxy groups -OCH3 is 1. The summed E-state index contributed by atoms with van der Waals surface area (Å²) in [6.45, 7) is 2.75. The summed E-state index contributed by atoms with van der Waals surface area (Å²) in [5, 5.41) is 9.71. The van der Waals surface area contributed by atoms with Crippen LogP contribution in [0.1, 0.15) is 36.9 Å². The highest BCUT2D eigenvalue weighted by atomic mass is 16.6. The molecule has 1 saturated heterocycles. The Morgan fingerprint density at radius 1 is 1.33 bits per heavy atom. The van der Waals surface area contributed by atoms with Gasteiger partial charge in [0.25, 0.3) is 5.91 Å². The maximum absolute atomic E-state index is 11.9. The fourth-order valence-corrected chi connectivity index (χ4v) is 3.02. The highest BCUT2D eigenvalue weighted by Gasteiger charge is 2.50. The van der Waals surface area contributed by atoms with Gasteiger partial charge < -0.3 is 29.8 Å². The number of hydrogen-bond donors (Lipinski definition) is 2. The maximum Gasteiger partial charge on any atom is 0.335 e. The fourth-order valence-electron chi connectivity index (χ4n) is 3.02. The first kappa shape index (κ1) is 23.2. The number of nitrogens with two attached hydrogens (primary N) is 1. The third-order valence-corrected chi connectivity index (χ3v) is 4.65. The van der Waals surface area contributed by atoms with Gasteiger partial charge in [-0.05, 0) is 6.07 Å². The lowest BCUT2D eigenvalue weighted by atomic mass is 10.0. The number of carbonyl (C=O) groups excluding carboxylic acids is 4. The second kappa shape index (κ2) is 10.1. The van der Waals surface area contributed by atoms with Gasteiger partial charge in [-0.2, -0.15) is 4.57 Å². The van der Waals surface area contributed by atoms with Crippen molar-refractivity contribution < 1.29 is 47.8 Å². The van der Waals surface area contributed by atoms with Gasteiger partial charge in [0.1, 0.15) is 18.3 Å². The van der Waals surface area contributed by atoms with E-state index in [0.717, 1.165) is 7.11 Å². The highest BCUT2D eigenvalue weighted by molar-refractivity contribution is 5.92. The van der Waals surface area contributed by atoms with E-state index in [-0.39, 0.29) is 12.2 Å². The molecule has 2 rings (SSSR count). The molecule has 0 bridgehead atoms. The Kier molecular flexibility index (Phi) is 7.84. The molecule has 11 heteroatoms. The van der Waals surface area contributed by atoms with Crippen LogP contribution in [-0.4, -0.2) is 61.0 Å². The highest BCUT2D eigenvalue weighted by Crippen LogP contribution is 2.33. The minimum Gasteiger partial charge on any atom is -0.469 e. The first-order valence-corrected chi connectivity index (χ1v) is 9.18. The molecule has 164 valence electrons. The smallest absolute Gasteiger partial charge is 0.335 e. The zero-order valence-corrected chi connectivity index (χ0v) is 16.8. The Morgan fingerprint density at radius 2 is 2.03 bits per heavy atom. The average Bonchev–Trinajstić information content (AvgIpc) is 3.01. The van der Waals surface area contributed by atoms with Gasteiger partial charge in [-0.1, -0.05) is 6.92 Å². The number of amides is 1. The van der Waals surface area contributed by atoms with Crippen molar-refractivity contribution in [3.05, 3.63) is 30.1 Å². The topological polar surface area (TPSA) is 155 Å². The zero-order valence-electron chi connectivity index (χ0n) is 16.8. The summed E-state index contributed by atoms with van der Waals surface area (Å²) < 4.78 is 22.3. The second-order valence-corrected chi connectivity index (χ2v) is 6.83. The molecule has 5 atom stereocenters. The van der Waals surface area contributed by atoms with Crippen molar-refractivity contribution in [2.45, 2.75) is 44.8 Å². The van der Waals surface area contributed by atoms with Gasteiger partial charge in [0.05, 0.1) is 13.5 Å². The average molecular weight is 425 g/mol. The van der Waals surface area contributed by atoms with Gasteiger partial charge in [-0.15, -0.1) is 0 Å². The summed E-state index contributed by atoms with van der Waals surface area (Å²) in [6.07, 6.45) is -1.34. The standard InChI is InChI=1S/C19H24N2O9/c1-10-14(9-28-19(26)13(23)7-15(24)27-3)30-18(16(10)29-11(2)22)21-6-4-5-12(8-21)17(20)25/h4-6,8,10,13-14,16,18,23H,7,9H2,1-3H3,(H-,20,25)/p+1/t10-,13+,14-,16?,18-/m1/s1. The van der Waals surface area contributed by atoms with Crippen LogP contribution in [0.15, 0.2) is 24.5 Å². The van der Waals surface area contributed by atoms with Crippen LogP contribution in [-0.2, 0) is 33.3 Å². The van der Waals surface area contributed by atoms with Gasteiger partial charge in [0.2, 0.25) is 0 Å². The molecule has 30 heavy (non-hydrogen) atoms. The van der Waals surface area contributed by atoms with Crippen LogP contribution in [0, 0.1) is 5.92 Å². The SMILES string of the molecule is COC(=O)C[C@H](O)C(=O)OC[C@H]1O[C@@H]([n+]2cccc(C(N)=O)c2)C(OC(C)=O)[C@@H]1C. The van der Waals surface area contributed by atoms with E-state index in [0.29, 0.717) is 0 Å². The zero-order chi connectivity index (χ0) is 22.4. The van der Waals surface area contributed by atoms with Crippen LogP contribution >= 0.6 is 0 Å². The molecule has 0 aromatic carbocycles. The van der Waals surface area contributed by atoms with E-state index < -0.39 is 60.7 Å². The molecule has 1 fully saturated rings. The second-order valence-electron chi connectivity index (χ2n) is 6.83. The first-order chi connectivity index (χ1) is 14.1. The minimum absolute atomic E-state index is 0.233. The van der Waals surface area contributed by atoms with Gasteiger partial charge >= 0.3 is 24.1 Å². The molecule has 1 aliphatic rings. The number of hydrogen-bond acceptors (Lipinski definition) is 9. The van der Waals surface area contributed by atoms with E-state index in [1.807, 2.05) is 0 Å². The lowest BCUT2D eigenvalue weighted by Gasteiger charge is -2.18. The van der Waals surface area contributed by atoms with Crippen LogP contribution in [0.2, 0.25) is 0 Å². The molecular formula is C19H25N2O9+. The Hall–Kier alpha value is -3.05. The molecule has 0 spiro atoms. The molecule has 1 aromatic rings. The summed E-state index contributed by atoms with van der Waals surface area (Å²) in [5.74, 6) is -3.32. The molecule has 1 unspecified atom stereocenters. The Morgan fingerprint density at radius 3 is 2.63 bits per heavy atom. The van der Waals surface area contributed by atoms with Gasteiger partial charge in [0, 0.05) is 18.9 Å². The number of esters is 3. The number of rotatable bonds is 8. The molecule has 0 radical (unpaired) electrons. The van der Waals surface area contributed by atoms with Crippen molar-refractivity contribution >= 4 is 23.8 Å². The summed E-state index contributed by atoms with van der Waals surface area (Å²) in [4.78, 5) is 46.1. The van der Waals surface area contributed by atoms with E-state index in [2.05, 4.69) is 4.74 Å². The van der Waals surface area contributed by atoms with Gasteiger partial charge in [-0.3, -0.25) is 14.4 Å². The van der Waals surface area contributed by atoms with Crippen LogP contribution in [0.25, 0.3) is 0 Å². The van der Waals surface area contributed by atoms with Crippen molar-refractivity contribution in [1.82, 2.24) is 0 Å². The van der Waals surface area contributed by atoms with E-state index in [9.17, 15) is 24.3 Å². The quantitative estimate of drug-likeness (QED) is 0.303. The fraction of sp³-hybridized carbons (Fsp3) is 0.526. The summed E-state index contributed by atoms with van der Waals surface area (Å²) in [5.41, 5.74) is 5.55. The van der Waals surface area contributed by atoms with Crippen LogP contribution in [0.4, 0.5) is 0 Å². The Balaban J connectivity index is 2.12. The molecule has 1 amide bonds. The normalized spacial score (nSPS) is 24.0. The van der Waals surface area contributed by atoms with Crippen LogP contribution < -0.4 is 10.3 Å². The largest absolute Gasteiger partial charge is 0.469 e. The summed E-state index contributed by atoms with van der Waals surface area (Å²) >= 11 is 0. The summed E-state index contributed by atoms with van der Waals surface area (Å²) in [6, 6.07) is 3.12. The number of aliphatic hydroxyl groups excluding tert-OH is 1. The number of ether oxygens (including phenoxy) is 4. The predicted molar refractivity (Wildman–Crippen MR) is 97.4 cm³/mol. The van der Waals surface area contributed by atoms with E-state index in [4.69, 9.17) is 19.9 Å². The van der Waals surface area contributed by atoms with Gasteiger partial charge in [0.15, 0.2) is 24.6 Å². The molecule has 1 aromatic heterocycles. The van der Waals surface area contributed by atoms with Crippen LogP contribution in [0.5, 0.6) is 0 Å².